The number of amides is 1. The number of pyridine rings is 1. The molecule has 116 valence electrons. The average molecular weight is 312 g/mol. The minimum absolute atomic E-state index is 0.387. The number of halogens is 5. The normalized spacial score (nSPS) is 13.0. The average Bonchev–Trinajstić information content (AvgIpc) is 2.36. The van der Waals surface area contributed by atoms with Gasteiger partial charge in [0.25, 0.3) is 5.91 Å². The summed E-state index contributed by atoms with van der Waals surface area (Å²) in [7, 11) is 0. The van der Waals surface area contributed by atoms with Crippen LogP contribution in [0.5, 0.6) is 0 Å². The second kappa shape index (κ2) is 6.46. The van der Waals surface area contributed by atoms with Crippen molar-refractivity contribution in [1.29, 1.82) is 0 Å². The molecule has 10 heteroatoms. The number of nitrogens with one attached hydrogen (secondary N) is 1. The third-order valence-electron chi connectivity index (χ3n) is 2.34. The van der Waals surface area contributed by atoms with Crippen LogP contribution in [0.2, 0.25) is 0 Å². The second-order valence-electron chi connectivity index (χ2n) is 3.92. The maximum absolute atomic E-state index is 12.3. The lowest BCUT2D eigenvalue weighted by atomic mass is 10.2. The van der Waals surface area contributed by atoms with E-state index in [4.69, 9.17) is 5.11 Å². The monoisotopic (exact) mass is 312 g/mol. The van der Waals surface area contributed by atoms with Gasteiger partial charge in [-0.3, -0.25) is 9.78 Å². The third kappa shape index (κ3) is 4.97. The number of hydrogen-bond acceptors (Lipinski definition) is 3. The van der Waals surface area contributed by atoms with Gasteiger partial charge in [-0.1, -0.05) is 0 Å². The van der Waals surface area contributed by atoms with Crippen molar-refractivity contribution in [3.05, 3.63) is 29.6 Å². The van der Waals surface area contributed by atoms with Crippen molar-refractivity contribution in [2.75, 3.05) is 0 Å². The number of nitrogens with zero attached hydrogens (tertiary/aromatic N) is 1. The highest BCUT2D eigenvalue weighted by atomic mass is 19.4. The molecule has 0 aliphatic rings. The van der Waals surface area contributed by atoms with Crippen LogP contribution < -0.4 is 5.32 Å². The maximum Gasteiger partial charge on any atom is 0.417 e. The molecule has 1 unspecified atom stereocenters. The molecule has 21 heavy (non-hydrogen) atoms. The minimum atomic E-state index is -4.64. The van der Waals surface area contributed by atoms with E-state index in [1.807, 2.05) is 0 Å². The van der Waals surface area contributed by atoms with E-state index in [1.165, 1.54) is 0 Å². The van der Waals surface area contributed by atoms with Gasteiger partial charge in [-0.25, -0.2) is 13.6 Å². The van der Waals surface area contributed by atoms with Crippen molar-refractivity contribution in [2.24, 2.45) is 0 Å². The van der Waals surface area contributed by atoms with Gasteiger partial charge in [-0.05, 0) is 12.1 Å². The van der Waals surface area contributed by atoms with Gasteiger partial charge in [-0.15, -0.1) is 0 Å². The molecule has 1 heterocycles. The molecule has 0 spiro atoms. The van der Waals surface area contributed by atoms with Crippen LogP contribution in [-0.4, -0.2) is 34.4 Å². The van der Waals surface area contributed by atoms with Gasteiger partial charge in [-0.2, -0.15) is 13.2 Å². The molecule has 0 aliphatic heterocycles. The number of carboxylic acid groups (broad SMARTS) is 1. The lowest BCUT2D eigenvalue weighted by Crippen LogP contribution is -2.42. The first-order valence-electron chi connectivity index (χ1n) is 5.46. The summed E-state index contributed by atoms with van der Waals surface area (Å²) in [5.41, 5.74) is -1.61. The van der Waals surface area contributed by atoms with Crippen molar-refractivity contribution >= 4 is 11.9 Å². The summed E-state index contributed by atoms with van der Waals surface area (Å²) in [6, 6.07) is -0.564. The fraction of sp³-hybridized carbons (Fsp3) is 0.364. The number of aromatic nitrogens is 1. The Balaban J connectivity index is 2.81. The van der Waals surface area contributed by atoms with Crippen LogP contribution in [0.15, 0.2) is 18.3 Å². The van der Waals surface area contributed by atoms with Crippen LogP contribution in [0.1, 0.15) is 22.5 Å². The van der Waals surface area contributed by atoms with Crippen molar-refractivity contribution in [1.82, 2.24) is 10.3 Å². The van der Waals surface area contributed by atoms with E-state index in [0.29, 0.717) is 12.3 Å². The number of aliphatic carboxylic acids is 1. The number of carbonyl (C=O) groups is 2. The third-order valence-corrected chi connectivity index (χ3v) is 2.34. The van der Waals surface area contributed by atoms with Crippen LogP contribution in [0.4, 0.5) is 22.0 Å². The molecule has 0 saturated heterocycles. The molecular formula is C11H9F5N2O3. The summed E-state index contributed by atoms with van der Waals surface area (Å²) >= 11 is 0. The molecular weight excluding hydrogens is 303 g/mol. The molecule has 0 bridgehead atoms. The zero-order valence-corrected chi connectivity index (χ0v) is 10.2. The Hall–Kier alpha value is -2.26. The number of carbonyl (C=O) groups excluding carboxylic acids is 1. The first-order chi connectivity index (χ1) is 9.61. The van der Waals surface area contributed by atoms with Crippen LogP contribution >= 0.6 is 0 Å². The molecule has 2 N–H and O–H groups in total. The highest BCUT2D eigenvalue weighted by Gasteiger charge is 2.31. The van der Waals surface area contributed by atoms with Gasteiger partial charge < -0.3 is 10.4 Å². The van der Waals surface area contributed by atoms with Crippen LogP contribution in [0, 0.1) is 0 Å². The fourth-order valence-corrected chi connectivity index (χ4v) is 1.33. The number of carboxylic acids is 1. The first-order valence-corrected chi connectivity index (χ1v) is 5.46. The van der Waals surface area contributed by atoms with E-state index in [2.05, 4.69) is 4.98 Å². The smallest absolute Gasteiger partial charge is 0.417 e. The summed E-state index contributed by atoms with van der Waals surface area (Å²) in [4.78, 5) is 25.4. The summed E-state index contributed by atoms with van der Waals surface area (Å²) < 4.78 is 61.1. The Bertz CT molecular complexity index is 516. The Labute approximate surface area is 114 Å². The van der Waals surface area contributed by atoms with Gasteiger partial charge in [0, 0.05) is 12.6 Å². The van der Waals surface area contributed by atoms with E-state index in [-0.39, 0.29) is 0 Å². The fourth-order valence-electron chi connectivity index (χ4n) is 1.33. The summed E-state index contributed by atoms with van der Waals surface area (Å²) in [6.07, 6.45) is -8.34. The van der Waals surface area contributed by atoms with Crippen LogP contribution in [0.25, 0.3) is 0 Å². The Morgan fingerprint density at radius 1 is 1.29 bits per heavy atom. The van der Waals surface area contributed by atoms with Gasteiger partial charge in [0.2, 0.25) is 6.43 Å². The molecule has 0 aliphatic carbocycles. The van der Waals surface area contributed by atoms with Crippen LogP contribution in [-0.2, 0) is 11.0 Å². The zero-order chi connectivity index (χ0) is 16.2. The topological polar surface area (TPSA) is 79.3 Å². The van der Waals surface area contributed by atoms with Gasteiger partial charge >= 0.3 is 12.1 Å². The van der Waals surface area contributed by atoms with E-state index >= 15 is 0 Å². The Kier molecular flexibility index (Phi) is 5.17. The highest BCUT2D eigenvalue weighted by Crippen LogP contribution is 2.28. The Morgan fingerprint density at radius 2 is 1.90 bits per heavy atom. The quantitative estimate of drug-likeness (QED) is 0.814. The second-order valence-corrected chi connectivity index (χ2v) is 3.92. The molecule has 1 atom stereocenters. The first kappa shape index (κ1) is 16.8. The van der Waals surface area contributed by atoms with Crippen molar-refractivity contribution in [3.8, 4) is 0 Å². The predicted molar refractivity (Wildman–Crippen MR) is 58.8 cm³/mol. The maximum atomic E-state index is 12.3. The number of rotatable bonds is 5. The van der Waals surface area contributed by atoms with Gasteiger partial charge in [0.05, 0.1) is 5.56 Å². The summed E-state index contributed by atoms with van der Waals surface area (Å²) in [5, 5.41) is 10.4. The predicted octanol–water partition coefficient (Wildman–Crippen LogP) is 1.94. The van der Waals surface area contributed by atoms with E-state index in [1.54, 1.807) is 5.32 Å². The van der Waals surface area contributed by atoms with Crippen molar-refractivity contribution < 1.29 is 36.6 Å². The zero-order valence-electron chi connectivity index (χ0n) is 10.2. The standard InChI is InChI=1S/C11H9F5N2O3/c12-8(13)3-7(10(20)21)18-9(19)6-2-1-5(4-17-6)11(14,15)16/h1-2,4,7-8H,3H2,(H,18,19)(H,20,21). The van der Waals surface area contributed by atoms with E-state index in [9.17, 15) is 31.5 Å². The Morgan fingerprint density at radius 3 is 2.29 bits per heavy atom. The van der Waals surface area contributed by atoms with Crippen molar-refractivity contribution in [2.45, 2.75) is 25.1 Å². The SMILES string of the molecule is O=C(NC(CC(F)F)C(=O)O)c1ccc(C(F)(F)F)cn1. The molecule has 0 aromatic carbocycles. The van der Waals surface area contributed by atoms with Crippen LogP contribution in [0.3, 0.4) is 0 Å². The molecule has 1 amide bonds. The lowest BCUT2D eigenvalue weighted by molar-refractivity contribution is -0.140. The number of alkyl halides is 5. The molecule has 0 saturated carbocycles. The molecule has 1 aromatic heterocycles. The summed E-state index contributed by atoms with van der Waals surface area (Å²) in [6.45, 7) is 0. The highest BCUT2D eigenvalue weighted by molar-refractivity contribution is 5.94. The molecule has 5 nitrogen and oxygen atoms in total. The summed E-state index contributed by atoms with van der Waals surface area (Å²) in [5.74, 6) is -2.84. The minimum Gasteiger partial charge on any atom is -0.480 e. The van der Waals surface area contributed by atoms with E-state index in [0.717, 1.165) is 6.07 Å². The lowest BCUT2D eigenvalue weighted by Gasteiger charge is -2.13. The van der Waals surface area contributed by atoms with Crippen molar-refractivity contribution in [3.63, 3.8) is 0 Å². The van der Waals surface area contributed by atoms with E-state index < -0.39 is 48.2 Å². The molecule has 0 radical (unpaired) electrons. The van der Waals surface area contributed by atoms with Gasteiger partial charge in [0.15, 0.2) is 0 Å². The van der Waals surface area contributed by atoms with Gasteiger partial charge in [0.1, 0.15) is 11.7 Å². The molecule has 1 rings (SSSR count). The molecule has 0 fully saturated rings. The largest absolute Gasteiger partial charge is 0.480 e. The molecule has 1 aromatic rings. The number of hydrogen-bond donors (Lipinski definition) is 2.